The molecule has 0 bridgehead atoms. The first-order chi connectivity index (χ1) is 12.9. The maximum Gasteiger partial charge on any atom is 0.272 e. The first-order valence-corrected chi connectivity index (χ1v) is 8.64. The van der Waals surface area contributed by atoms with Gasteiger partial charge in [0.05, 0.1) is 17.9 Å². The van der Waals surface area contributed by atoms with Gasteiger partial charge in [-0.2, -0.15) is 0 Å². The Morgan fingerprint density at radius 3 is 2.41 bits per heavy atom. The molecule has 1 aliphatic rings. The van der Waals surface area contributed by atoms with E-state index >= 15 is 0 Å². The molecule has 3 heterocycles. The van der Waals surface area contributed by atoms with E-state index in [1.165, 1.54) is 0 Å². The van der Waals surface area contributed by atoms with Gasteiger partial charge in [-0.3, -0.25) is 14.6 Å². The molecule has 2 amide bonds. The van der Waals surface area contributed by atoms with E-state index < -0.39 is 0 Å². The van der Waals surface area contributed by atoms with Gasteiger partial charge in [0.25, 0.3) is 11.8 Å². The van der Waals surface area contributed by atoms with Gasteiger partial charge in [-0.25, -0.2) is 0 Å². The highest BCUT2D eigenvalue weighted by atomic mass is 35.5. The number of rotatable bonds is 6. The third-order valence-corrected chi connectivity index (χ3v) is 4.13. The van der Waals surface area contributed by atoms with Crippen LogP contribution < -0.4 is 27.0 Å². The van der Waals surface area contributed by atoms with E-state index in [-0.39, 0.29) is 36.6 Å². The predicted molar refractivity (Wildman–Crippen MR) is 118 cm³/mol. The number of carbonyl (C=O) groups excluding carboxylic acids is 2. The molecule has 29 heavy (non-hydrogen) atoms. The summed E-state index contributed by atoms with van der Waals surface area (Å²) in [5, 5.41) is 11.8. The van der Waals surface area contributed by atoms with E-state index in [0.717, 1.165) is 19.0 Å². The number of amides is 2. The lowest BCUT2D eigenvalue weighted by Gasteiger charge is -2.08. The van der Waals surface area contributed by atoms with Crippen LogP contribution in [0.15, 0.2) is 29.5 Å². The smallest absolute Gasteiger partial charge is 0.272 e. The van der Waals surface area contributed by atoms with E-state index in [1.807, 2.05) is 0 Å². The molecule has 0 atom stereocenters. The predicted octanol–water partition coefficient (Wildman–Crippen LogP) is 0.320. The molecule has 0 spiro atoms. The molecule has 2 aromatic rings. The Morgan fingerprint density at radius 2 is 1.79 bits per heavy atom. The van der Waals surface area contributed by atoms with E-state index in [4.69, 9.17) is 5.73 Å². The zero-order chi connectivity index (χ0) is 19.4. The largest absolute Gasteiger partial charge is 0.397 e. The third kappa shape index (κ3) is 6.06. The van der Waals surface area contributed by atoms with Crippen LogP contribution in [0.1, 0.15) is 21.0 Å². The summed E-state index contributed by atoms with van der Waals surface area (Å²) in [5.74, 6) is 0.249. The van der Waals surface area contributed by atoms with Crippen molar-refractivity contribution in [2.45, 2.75) is 0 Å². The fourth-order valence-electron chi connectivity index (χ4n) is 2.83. The Kier molecular flexibility index (Phi) is 8.86. The molecule has 12 heteroatoms. The monoisotopic (exact) mass is 444 g/mol. The van der Waals surface area contributed by atoms with Crippen LogP contribution in [-0.4, -0.2) is 53.1 Å². The topological polar surface area (TPSA) is 130 Å². The number of nitrogens with two attached hydrogens (primary N) is 1. The molecule has 1 aliphatic heterocycles. The van der Waals surface area contributed by atoms with Crippen LogP contribution in [0.5, 0.6) is 0 Å². The van der Waals surface area contributed by atoms with Crippen molar-refractivity contribution in [1.29, 1.82) is 0 Å². The number of nitrogens with one attached hydrogen (secondary N) is 4. The number of halogens is 2. The van der Waals surface area contributed by atoms with E-state index in [9.17, 15) is 9.59 Å². The first kappa shape index (κ1) is 24.2. The van der Waals surface area contributed by atoms with Crippen LogP contribution in [0.25, 0.3) is 0 Å². The number of hydrogen-bond donors (Lipinski definition) is 5. The van der Waals surface area contributed by atoms with Crippen LogP contribution in [-0.2, 0) is 14.1 Å². The molecule has 10 nitrogen and oxygen atoms in total. The number of guanidine groups is 1. The van der Waals surface area contributed by atoms with Gasteiger partial charge in [0.2, 0.25) is 0 Å². The molecule has 3 rings (SSSR count). The maximum atomic E-state index is 12.4. The molecule has 0 fully saturated rings. The number of carbonyl (C=O) groups is 2. The SMILES string of the molecule is Cl.Cl.Cn1cc(NC(=O)c2cc(N)cn2C)cc1C(=O)NCCNC1=NCCN1. The molecule has 0 unspecified atom stereocenters. The number of aliphatic imine (C=N–C) groups is 1. The zero-order valence-electron chi connectivity index (χ0n) is 16.2. The molecule has 0 radical (unpaired) electrons. The number of aromatic nitrogens is 2. The Bertz CT molecular complexity index is 890. The summed E-state index contributed by atoms with van der Waals surface area (Å²) in [6, 6.07) is 3.23. The second-order valence-corrected chi connectivity index (χ2v) is 6.29. The average Bonchev–Trinajstić information content (AvgIpc) is 3.32. The van der Waals surface area contributed by atoms with Gasteiger partial charge < -0.3 is 36.1 Å². The van der Waals surface area contributed by atoms with Crippen LogP contribution in [0, 0.1) is 0 Å². The van der Waals surface area contributed by atoms with E-state index in [1.54, 1.807) is 47.8 Å². The Balaban J connectivity index is 0.00000210. The van der Waals surface area contributed by atoms with Gasteiger partial charge in [0.15, 0.2) is 5.96 Å². The summed E-state index contributed by atoms with van der Waals surface area (Å²) in [6.45, 7) is 2.62. The van der Waals surface area contributed by atoms with Gasteiger partial charge in [-0.05, 0) is 12.1 Å². The van der Waals surface area contributed by atoms with E-state index in [0.29, 0.717) is 35.9 Å². The lowest BCUT2D eigenvalue weighted by Crippen LogP contribution is -2.39. The summed E-state index contributed by atoms with van der Waals surface area (Å²) in [6.07, 6.45) is 3.36. The molecule has 2 aromatic heterocycles. The fourth-order valence-corrected chi connectivity index (χ4v) is 2.83. The molecular formula is C17H26Cl2N8O2. The van der Waals surface area contributed by atoms with Crippen molar-refractivity contribution < 1.29 is 9.59 Å². The standard InChI is InChI=1S/C17H24N8O2.2ClH/c1-24-9-11(18)7-13(24)16(27)23-12-8-14(25(2)10-12)15(26)19-3-4-20-17-21-5-6-22-17;;/h7-10H,3-6,18H2,1-2H3,(H,19,26)(H,23,27)(H2,20,21,22);2*1H. The highest BCUT2D eigenvalue weighted by Crippen LogP contribution is 2.16. The summed E-state index contributed by atoms with van der Waals surface area (Å²) < 4.78 is 3.32. The number of nitrogens with zero attached hydrogens (tertiary/aromatic N) is 3. The van der Waals surface area contributed by atoms with Gasteiger partial charge in [-0.15, -0.1) is 24.8 Å². The van der Waals surface area contributed by atoms with E-state index in [2.05, 4.69) is 26.3 Å². The minimum Gasteiger partial charge on any atom is -0.397 e. The summed E-state index contributed by atoms with van der Waals surface area (Å²) in [7, 11) is 3.50. The lowest BCUT2D eigenvalue weighted by atomic mass is 10.3. The molecule has 160 valence electrons. The molecular weight excluding hydrogens is 419 g/mol. The van der Waals surface area contributed by atoms with Gasteiger partial charge in [0, 0.05) is 46.1 Å². The van der Waals surface area contributed by atoms with Crippen LogP contribution in [0.2, 0.25) is 0 Å². The second-order valence-electron chi connectivity index (χ2n) is 6.29. The number of hydrogen-bond acceptors (Lipinski definition) is 6. The molecule has 0 saturated heterocycles. The van der Waals surface area contributed by atoms with Crippen molar-refractivity contribution in [1.82, 2.24) is 25.1 Å². The first-order valence-electron chi connectivity index (χ1n) is 8.64. The quantitative estimate of drug-likeness (QED) is 0.409. The van der Waals surface area contributed by atoms with Crippen LogP contribution in [0.3, 0.4) is 0 Å². The molecule has 0 aromatic carbocycles. The molecule has 6 N–H and O–H groups in total. The second kappa shape index (κ2) is 10.6. The Hall–Kier alpha value is -2.85. The van der Waals surface area contributed by atoms with Crippen molar-refractivity contribution >= 4 is 54.0 Å². The van der Waals surface area contributed by atoms with Crippen LogP contribution in [0.4, 0.5) is 11.4 Å². The summed E-state index contributed by atoms with van der Waals surface area (Å²) in [5.41, 5.74) is 7.65. The third-order valence-electron chi connectivity index (χ3n) is 4.13. The van der Waals surface area contributed by atoms with Gasteiger partial charge in [-0.1, -0.05) is 0 Å². The van der Waals surface area contributed by atoms with Crippen molar-refractivity contribution in [2.24, 2.45) is 19.1 Å². The summed E-state index contributed by atoms with van der Waals surface area (Å²) in [4.78, 5) is 28.9. The van der Waals surface area contributed by atoms with Crippen LogP contribution >= 0.6 is 24.8 Å². The molecule has 0 aliphatic carbocycles. The number of anilines is 2. The lowest BCUT2D eigenvalue weighted by molar-refractivity contribution is 0.0945. The van der Waals surface area contributed by atoms with Gasteiger partial charge in [0.1, 0.15) is 11.4 Å². The Labute approximate surface area is 181 Å². The summed E-state index contributed by atoms with van der Waals surface area (Å²) >= 11 is 0. The average molecular weight is 445 g/mol. The van der Waals surface area contributed by atoms with Crippen molar-refractivity contribution in [3.63, 3.8) is 0 Å². The number of nitrogen functional groups attached to an aromatic ring is 1. The van der Waals surface area contributed by atoms with Gasteiger partial charge >= 0.3 is 0 Å². The number of aryl methyl sites for hydroxylation is 2. The fraction of sp³-hybridized carbons (Fsp3) is 0.353. The highest BCUT2D eigenvalue weighted by molar-refractivity contribution is 6.04. The minimum absolute atomic E-state index is 0. The van der Waals surface area contributed by atoms with Crippen molar-refractivity contribution in [3.8, 4) is 0 Å². The maximum absolute atomic E-state index is 12.4. The normalized spacial score (nSPS) is 12.1. The minimum atomic E-state index is -0.291. The van der Waals surface area contributed by atoms with Crippen molar-refractivity contribution in [2.75, 3.05) is 37.2 Å². The highest BCUT2D eigenvalue weighted by Gasteiger charge is 2.15. The molecule has 0 saturated carbocycles. The van der Waals surface area contributed by atoms with Crippen molar-refractivity contribution in [3.05, 3.63) is 35.9 Å². The zero-order valence-corrected chi connectivity index (χ0v) is 17.8. The Morgan fingerprint density at radius 1 is 1.10 bits per heavy atom.